The lowest BCUT2D eigenvalue weighted by molar-refractivity contribution is -0.343. The van der Waals surface area contributed by atoms with Crippen molar-refractivity contribution in [2.75, 3.05) is 6.61 Å². The van der Waals surface area contributed by atoms with Crippen molar-refractivity contribution in [3.05, 3.63) is 101 Å². The Kier molecular flexibility index (Phi) is 7.93. The molecule has 0 amide bonds. The maximum atomic E-state index is 11.5. The molecule has 0 spiro atoms. The number of phenols is 1. The standard InChI is InChI=1S/C31H35NO6/c1-31(2,3)23-14-15-24(33)22(16-23)17-32-26-27(34)28-25(19-36-29(38-28)21-12-8-5-9-13-21)37-30(26)35-18-20-10-6-4-7-11-20/h4-17,25-30,33-34H,18-19H2,1-3H3/t25-,26-,27-,28-,29?,30+/m1/s1. The molecular weight excluding hydrogens is 482 g/mol. The van der Waals surface area contributed by atoms with Gasteiger partial charge in [0.05, 0.1) is 13.2 Å². The Morgan fingerprint density at radius 2 is 1.68 bits per heavy atom. The zero-order chi connectivity index (χ0) is 26.7. The molecule has 200 valence electrons. The fourth-order valence-electron chi connectivity index (χ4n) is 4.70. The molecule has 0 radical (unpaired) electrons. The number of aliphatic imine (C=N–C) groups is 1. The van der Waals surface area contributed by atoms with Crippen LogP contribution in [0.15, 0.2) is 83.9 Å². The van der Waals surface area contributed by atoms with Crippen molar-refractivity contribution in [2.45, 2.75) is 69.7 Å². The first kappa shape index (κ1) is 26.5. The Hall–Kier alpha value is -3.07. The Morgan fingerprint density at radius 1 is 0.974 bits per heavy atom. The van der Waals surface area contributed by atoms with Crippen LogP contribution in [0.4, 0.5) is 0 Å². The van der Waals surface area contributed by atoms with Gasteiger partial charge in [0.25, 0.3) is 0 Å². The molecule has 2 N–H and O–H groups in total. The Balaban J connectivity index is 1.40. The van der Waals surface area contributed by atoms with E-state index in [0.717, 1.165) is 16.7 Å². The van der Waals surface area contributed by atoms with Gasteiger partial charge in [-0.05, 0) is 28.7 Å². The summed E-state index contributed by atoms with van der Waals surface area (Å²) >= 11 is 0. The predicted molar refractivity (Wildman–Crippen MR) is 144 cm³/mol. The minimum atomic E-state index is -1.02. The van der Waals surface area contributed by atoms with Crippen LogP contribution < -0.4 is 0 Å². The maximum absolute atomic E-state index is 11.5. The molecule has 3 aromatic rings. The van der Waals surface area contributed by atoms with Crippen molar-refractivity contribution in [3.8, 4) is 5.75 Å². The van der Waals surface area contributed by atoms with E-state index in [0.29, 0.717) is 12.2 Å². The second-order valence-corrected chi connectivity index (χ2v) is 10.8. The Morgan fingerprint density at radius 3 is 2.39 bits per heavy atom. The molecular formula is C31H35NO6. The van der Waals surface area contributed by atoms with Crippen LogP contribution in [0.5, 0.6) is 5.75 Å². The van der Waals surface area contributed by atoms with Gasteiger partial charge in [0.15, 0.2) is 12.6 Å². The van der Waals surface area contributed by atoms with Gasteiger partial charge >= 0.3 is 0 Å². The smallest absolute Gasteiger partial charge is 0.184 e. The molecule has 0 aliphatic carbocycles. The molecule has 0 bridgehead atoms. The van der Waals surface area contributed by atoms with Crippen molar-refractivity contribution < 1.29 is 29.2 Å². The van der Waals surface area contributed by atoms with Crippen molar-refractivity contribution in [3.63, 3.8) is 0 Å². The normalized spacial score (nSPS) is 27.8. The third kappa shape index (κ3) is 5.98. The molecule has 3 aromatic carbocycles. The minimum absolute atomic E-state index is 0.0965. The number of phenolic OH excluding ortho intramolecular Hbond substituents is 1. The number of aromatic hydroxyl groups is 1. The fraction of sp³-hybridized carbons (Fsp3) is 0.387. The van der Waals surface area contributed by atoms with E-state index >= 15 is 0 Å². The molecule has 7 nitrogen and oxygen atoms in total. The molecule has 1 unspecified atom stereocenters. The van der Waals surface area contributed by atoms with Gasteiger partial charge in [-0.2, -0.15) is 0 Å². The lowest BCUT2D eigenvalue weighted by Gasteiger charge is -2.46. The fourth-order valence-corrected chi connectivity index (χ4v) is 4.70. The summed E-state index contributed by atoms with van der Waals surface area (Å²) in [6.45, 7) is 6.87. The molecule has 6 atom stereocenters. The van der Waals surface area contributed by atoms with Gasteiger partial charge in [-0.15, -0.1) is 0 Å². The number of aliphatic hydroxyl groups is 1. The lowest BCUT2D eigenvalue weighted by atomic mass is 9.86. The zero-order valence-electron chi connectivity index (χ0n) is 21.9. The molecule has 38 heavy (non-hydrogen) atoms. The number of nitrogens with zero attached hydrogens (tertiary/aromatic N) is 1. The summed E-state index contributed by atoms with van der Waals surface area (Å²) in [7, 11) is 0. The summed E-state index contributed by atoms with van der Waals surface area (Å²) in [6.07, 6.45) is -2.08. The van der Waals surface area contributed by atoms with Gasteiger partial charge in [-0.25, -0.2) is 0 Å². The average Bonchev–Trinajstić information content (AvgIpc) is 2.92. The van der Waals surface area contributed by atoms with E-state index in [-0.39, 0.29) is 17.8 Å². The second kappa shape index (κ2) is 11.4. The predicted octanol–water partition coefficient (Wildman–Crippen LogP) is 4.89. The third-order valence-corrected chi connectivity index (χ3v) is 6.94. The summed E-state index contributed by atoms with van der Waals surface area (Å²) in [4.78, 5) is 4.70. The molecule has 2 aliphatic rings. The van der Waals surface area contributed by atoms with Crippen LogP contribution in [0.2, 0.25) is 0 Å². The maximum Gasteiger partial charge on any atom is 0.184 e. The van der Waals surface area contributed by atoms with Gasteiger partial charge in [0.1, 0.15) is 30.1 Å². The minimum Gasteiger partial charge on any atom is -0.507 e. The molecule has 7 heteroatoms. The number of hydrogen-bond donors (Lipinski definition) is 2. The van der Waals surface area contributed by atoms with Crippen LogP contribution in [0.3, 0.4) is 0 Å². The van der Waals surface area contributed by atoms with E-state index < -0.39 is 36.9 Å². The van der Waals surface area contributed by atoms with Gasteiger partial charge in [0.2, 0.25) is 0 Å². The molecule has 5 rings (SSSR count). The van der Waals surface area contributed by atoms with Crippen LogP contribution in [-0.2, 0) is 31.0 Å². The summed E-state index contributed by atoms with van der Waals surface area (Å²) in [5, 5.41) is 22.0. The van der Waals surface area contributed by atoms with Crippen LogP contribution >= 0.6 is 0 Å². The van der Waals surface area contributed by atoms with Crippen molar-refractivity contribution in [2.24, 2.45) is 4.99 Å². The van der Waals surface area contributed by atoms with Crippen LogP contribution in [0.25, 0.3) is 0 Å². The van der Waals surface area contributed by atoms with E-state index in [9.17, 15) is 10.2 Å². The Labute approximate surface area is 223 Å². The van der Waals surface area contributed by atoms with E-state index in [1.807, 2.05) is 72.8 Å². The number of rotatable bonds is 6. The quantitative estimate of drug-likeness (QED) is 0.453. The van der Waals surface area contributed by atoms with E-state index in [2.05, 4.69) is 20.8 Å². The Bertz CT molecular complexity index is 1230. The van der Waals surface area contributed by atoms with Gasteiger partial charge < -0.3 is 29.2 Å². The number of benzene rings is 3. The molecule has 2 heterocycles. The zero-order valence-corrected chi connectivity index (χ0v) is 21.9. The summed E-state index contributed by atoms with van der Waals surface area (Å²) in [6, 6.07) is 24.1. The SMILES string of the molecule is CC(C)(C)c1ccc(O)c(C=N[C@H]2[C@@H](OCc3ccccc3)O[C@@H]3COC(c4ccccc4)O[C@H]3[C@@H]2O)c1. The highest BCUT2D eigenvalue weighted by Crippen LogP contribution is 2.36. The monoisotopic (exact) mass is 517 g/mol. The van der Waals surface area contributed by atoms with Gasteiger partial charge in [-0.1, -0.05) is 87.5 Å². The molecule has 2 saturated heterocycles. The second-order valence-electron chi connectivity index (χ2n) is 10.8. The topological polar surface area (TPSA) is 89.7 Å². The highest BCUT2D eigenvalue weighted by atomic mass is 16.7. The summed E-state index contributed by atoms with van der Waals surface area (Å²) < 4.78 is 24.5. The average molecular weight is 518 g/mol. The van der Waals surface area contributed by atoms with Crippen molar-refractivity contribution in [1.82, 2.24) is 0 Å². The van der Waals surface area contributed by atoms with Crippen molar-refractivity contribution in [1.29, 1.82) is 0 Å². The van der Waals surface area contributed by atoms with Crippen LogP contribution in [0, 0.1) is 0 Å². The summed E-state index contributed by atoms with van der Waals surface area (Å²) in [5.74, 6) is 0.110. The lowest BCUT2D eigenvalue weighted by Crippen LogP contribution is -2.61. The molecule has 2 aliphatic heterocycles. The number of aliphatic hydroxyl groups excluding tert-OH is 1. The molecule has 2 fully saturated rings. The first-order valence-electron chi connectivity index (χ1n) is 13.0. The highest BCUT2D eigenvalue weighted by molar-refractivity contribution is 5.84. The van der Waals surface area contributed by atoms with Crippen LogP contribution in [0.1, 0.15) is 49.3 Å². The number of ether oxygens (including phenoxy) is 4. The van der Waals surface area contributed by atoms with E-state index in [4.69, 9.17) is 23.9 Å². The third-order valence-electron chi connectivity index (χ3n) is 6.94. The van der Waals surface area contributed by atoms with E-state index in [1.165, 1.54) is 0 Å². The number of fused-ring (bicyclic) bond motifs is 1. The highest BCUT2D eigenvalue weighted by Gasteiger charge is 2.49. The van der Waals surface area contributed by atoms with Gasteiger partial charge in [-0.3, -0.25) is 4.99 Å². The summed E-state index contributed by atoms with van der Waals surface area (Å²) in [5.41, 5.74) is 3.37. The first-order chi connectivity index (χ1) is 18.3. The largest absolute Gasteiger partial charge is 0.507 e. The molecule has 0 saturated carbocycles. The molecule has 0 aromatic heterocycles. The van der Waals surface area contributed by atoms with Crippen LogP contribution in [-0.4, -0.2) is 53.7 Å². The van der Waals surface area contributed by atoms with Crippen molar-refractivity contribution >= 4 is 6.21 Å². The van der Waals surface area contributed by atoms with E-state index in [1.54, 1.807) is 12.3 Å². The number of hydrogen-bond acceptors (Lipinski definition) is 7. The first-order valence-corrected chi connectivity index (χ1v) is 13.0. The van der Waals surface area contributed by atoms with Gasteiger partial charge in [0, 0.05) is 17.3 Å².